The molecule has 0 aliphatic carbocycles. The van der Waals surface area contributed by atoms with Gasteiger partial charge in [-0.1, -0.05) is 66.7 Å². The summed E-state index contributed by atoms with van der Waals surface area (Å²) in [6, 6.07) is 27.6. The number of imidazole rings is 1. The summed E-state index contributed by atoms with van der Waals surface area (Å²) in [5.41, 5.74) is 6.11. The van der Waals surface area contributed by atoms with Crippen LogP contribution >= 0.6 is 0 Å². The predicted octanol–water partition coefficient (Wildman–Crippen LogP) is 0.964. The van der Waals surface area contributed by atoms with Crippen molar-refractivity contribution in [3.05, 3.63) is 85.1 Å². The summed E-state index contributed by atoms with van der Waals surface area (Å²) < 4.78 is 10.2. The molecule has 1 aliphatic rings. The van der Waals surface area contributed by atoms with Gasteiger partial charge in [0.25, 0.3) is 5.65 Å². The van der Waals surface area contributed by atoms with Gasteiger partial charge in [0.1, 0.15) is 12.6 Å². The summed E-state index contributed by atoms with van der Waals surface area (Å²) in [7, 11) is 0. The molecule has 0 saturated carbocycles. The van der Waals surface area contributed by atoms with Crippen LogP contribution in [0.4, 0.5) is 0 Å². The average molecular weight is 407 g/mol. The van der Waals surface area contributed by atoms with Crippen molar-refractivity contribution in [1.82, 2.24) is 4.40 Å². The maximum Gasteiger partial charge on any atom is 0.287 e. The first-order valence-corrected chi connectivity index (χ1v) is 8.67. The number of epoxide rings is 1. The zero-order chi connectivity index (χ0) is 16.6. The Bertz CT molecular complexity index is 1020. The molecule has 1 fully saturated rings. The lowest BCUT2D eigenvalue weighted by atomic mass is 10.0. The summed E-state index contributed by atoms with van der Waals surface area (Å²) in [6.45, 7) is 1.73. The first kappa shape index (κ1) is 17.0. The molecular formula is C22H19BrN2O. The topological polar surface area (TPSA) is 20.8 Å². The van der Waals surface area contributed by atoms with Crippen LogP contribution in [0.2, 0.25) is 0 Å². The number of ether oxygens (including phenoxy) is 1. The highest BCUT2D eigenvalue weighted by molar-refractivity contribution is 5.78. The highest BCUT2D eigenvalue weighted by Crippen LogP contribution is 2.32. The van der Waals surface area contributed by atoms with E-state index in [1.807, 2.05) is 0 Å². The minimum Gasteiger partial charge on any atom is -1.00 e. The molecule has 3 nitrogen and oxygen atoms in total. The molecule has 0 radical (unpaired) electrons. The van der Waals surface area contributed by atoms with Gasteiger partial charge in [0.15, 0.2) is 11.4 Å². The van der Waals surface area contributed by atoms with E-state index in [1.54, 1.807) is 0 Å². The third kappa shape index (κ3) is 2.96. The van der Waals surface area contributed by atoms with Gasteiger partial charge in [-0.15, -0.1) is 0 Å². The average Bonchev–Trinajstić information content (AvgIpc) is 3.44. The fraction of sp³-hybridized carbons (Fsp3) is 0.136. The number of fused-ring (bicyclic) bond motifs is 1. The van der Waals surface area contributed by atoms with Gasteiger partial charge >= 0.3 is 0 Å². The van der Waals surface area contributed by atoms with Crippen LogP contribution in [-0.4, -0.2) is 17.1 Å². The molecule has 1 unspecified atom stereocenters. The third-order valence-corrected chi connectivity index (χ3v) is 4.73. The van der Waals surface area contributed by atoms with E-state index in [0.29, 0.717) is 6.10 Å². The summed E-state index contributed by atoms with van der Waals surface area (Å²) in [5, 5.41) is 0. The van der Waals surface area contributed by atoms with Gasteiger partial charge in [-0.2, -0.15) is 4.40 Å². The Morgan fingerprint density at radius 2 is 1.46 bits per heavy atom. The molecule has 3 heterocycles. The Kier molecular flexibility index (Phi) is 4.62. The van der Waals surface area contributed by atoms with Crippen LogP contribution in [0, 0.1) is 0 Å². The Hall–Kier alpha value is -2.43. The lowest BCUT2D eigenvalue weighted by Gasteiger charge is -2.04. The summed E-state index contributed by atoms with van der Waals surface area (Å²) in [6.07, 6.45) is 2.47. The van der Waals surface area contributed by atoms with Gasteiger partial charge in [-0.25, -0.2) is 4.57 Å². The first-order valence-electron chi connectivity index (χ1n) is 8.67. The van der Waals surface area contributed by atoms with Crippen LogP contribution in [-0.2, 0) is 11.3 Å². The zero-order valence-electron chi connectivity index (χ0n) is 14.3. The fourth-order valence-electron chi connectivity index (χ4n) is 3.52. The molecule has 2 aromatic heterocycles. The van der Waals surface area contributed by atoms with E-state index in [0.717, 1.165) is 13.2 Å². The van der Waals surface area contributed by atoms with Crippen molar-refractivity contribution in [2.45, 2.75) is 12.6 Å². The van der Waals surface area contributed by atoms with Crippen LogP contribution in [0.1, 0.15) is 0 Å². The molecule has 0 bridgehead atoms. The van der Waals surface area contributed by atoms with Gasteiger partial charge < -0.3 is 21.7 Å². The molecule has 4 heteroatoms. The van der Waals surface area contributed by atoms with Crippen LogP contribution in [0.3, 0.4) is 0 Å². The molecule has 1 atom stereocenters. The van der Waals surface area contributed by atoms with E-state index < -0.39 is 0 Å². The number of rotatable bonds is 4. The van der Waals surface area contributed by atoms with Crippen LogP contribution in [0.15, 0.2) is 85.1 Å². The van der Waals surface area contributed by atoms with E-state index in [2.05, 4.69) is 94.0 Å². The van der Waals surface area contributed by atoms with Crippen molar-refractivity contribution in [3.8, 4) is 22.5 Å². The second-order valence-corrected chi connectivity index (χ2v) is 6.42. The van der Waals surface area contributed by atoms with E-state index in [-0.39, 0.29) is 17.0 Å². The smallest absolute Gasteiger partial charge is 0.287 e. The van der Waals surface area contributed by atoms with E-state index in [1.165, 1.54) is 28.2 Å². The second-order valence-electron chi connectivity index (χ2n) is 6.42. The van der Waals surface area contributed by atoms with Crippen LogP contribution < -0.4 is 21.5 Å². The molecule has 5 rings (SSSR count). The molecule has 0 amide bonds. The predicted molar refractivity (Wildman–Crippen MR) is 98.2 cm³/mol. The van der Waals surface area contributed by atoms with Crippen molar-refractivity contribution in [2.75, 3.05) is 6.61 Å². The molecule has 130 valence electrons. The second kappa shape index (κ2) is 7.06. The number of nitrogens with zero attached hydrogens (tertiary/aromatic N) is 2. The van der Waals surface area contributed by atoms with Crippen molar-refractivity contribution < 1.29 is 26.3 Å². The molecular weight excluding hydrogens is 388 g/mol. The highest BCUT2D eigenvalue weighted by Gasteiger charge is 2.33. The summed E-state index contributed by atoms with van der Waals surface area (Å²) in [4.78, 5) is 0. The minimum atomic E-state index is 0. The normalized spacial score (nSPS) is 15.6. The van der Waals surface area contributed by atoms with E-state index >= 15 is 0 Å². The zero-order valence-corrected chi connectivity index (χ0v) is 15.8. The maximum absolute atomic E-state index is 5.54. The number of halogens is 1. The summed E-state index contributed by atoms with van der Waals surface area (Å²) in [5.74, 6) is 0. The quantitative estimate of drug-likeness (QED) is 0.365. The lowest BCUT2D eigenvalue weighted by Crippen LogP contribution is -3.00. The molecule has 1 saturated heterocycles. The van der Waals surface area contributed by atoms with Gasteiger partial charge in [-0.3, -0.25) is 0 Å². The van der Waals surface area contributed by atoms with Crippen molar-refractivity contribution >= 4 is 5.65 Å². The maximum atomic E-state index is 5.54. The summed E-state index contributed by atoms with van der Waals surface area (Å²) >= 11 is 0. The van der Waals surface area contributed by atoms with Gasteiger partial charge in [-0.05, 0) is 6.07 Å². The molecule has 0 spiro atoms. The minimum absolute atomic E-state index is 0. The van der Waals surface area contributed by atoms with E-state index in [9.17, 15) is 0 Å². The number of hydrogen-bond donors (Lipinski definition) is 0. The largest absolute Gasteiger partial charge is 1.00 e. The van der Waals surface area contributed by atoms with Gasteiger partial charge in [0.2, 0.25) is 0 Å². The van der Waals surface area contributed by atoms with Crippen LogP contribution in [0.5, 0.6) is 0 Å². The number of benzene rings is 2. The standard InChI is InChI=1S/C22H19N2O.BrH/c1-3-9-17(10-4-1)21-22(18-11-5-2-6-12-18)24(15-19-16-25-19)20-13-7-8-14-23(20)21;/h1-14,19H,15-16H2;1H/q+1;/p-1. The monoisotopic (exact) mass is 406 g/mol. The fourth-order valence-corrected chi connectivity index (χ4v) is 3.52. The molecule has 26 heavy (non-hydrogen) atoms. The first-order chi connectivity index (χ1) is 12.4. The third-order valence-electron chi connectivity index (χ3n) is 4.73. The van der Waals surface area contributed by atoms with Crippen LogP contribution in [0.25, 0.3) is 28.2 Å². The molecule has 0 N–H and O–H groups in total. The Balaban J connectivity index is 0.00000168. The molecule has 1 aliphatic heterocycles. The lowest BCUT2D eigenvalue weighted by molar-refractivity contribution is -0.661. The SMILES string of the molecule is [Br-].c1ccc(-c2c(-c3ccccc3)[n+](CC3CO3)c3ccccn23)cc1. The Morgan fingerprint density at radius 1 is 0.846 bits per heavy atom. The van der Waals surface area contributed by atoms with Gasteiger partial charge in [0, 0.05) is 17.2 Å². The Morgan fingerprint density at radius 3 is 2.12 bits per heavy atom. The van der Waals surface area contributed by atoms with Crippen molar-refractivity contribution in [1.29, 1.82) is 0 Å². The Labute approximate surface area is 163 Å². The van der Waals surface area contributed by atoms with Gasteiger partial charge in [0.05, 0.1) is 12.8 Å². The number of hydrogen-bond acceptors (Lipinski definition) is 1. The van der Waals surface area contributed by atoms with E-state index in [4.69, 9.17) is 4.74 Å². The van der Waals surface area contributed by atoms with Crippen molar-refractivity contribution in [2.24, 2.45) is 0 Å². The molecule has 4 aromatic rings. The van der Waals surface area contributed by atoms with Crippen molar-refractivity contribution in [3.63, 3.8) is 0 Å². The number of aromatic nitrogens is 2. The number of pyridine rings is 1. The highest BCUT2D eigenvalue weighted by atomic mass is 79.9. The molecule has 2 aromatic carbocycles.